The van der Waals surface area contributed by atoms with Crippen LogP contribution in [-0.2, 0) is 9.59 Å². The summed E-state index contributed by atoms with van der Waals surface area (Å²) in [6, 6.07) is 4.68. The highest BCUT2D eigenvalue weighted by Crippen LogP contribution is 2.29. The number of likely N-dealkylation sites (N-methyl/N-ethyl adjacent to an activating group) is 1. The maximum atomic E-state index is 12.3. The molecule has 0 radical (unpaired) electrons. The van der Waals surface area contributed by atoms with Crippen molar-refractivity contribution in [3.63, 3.8) is 0 Å². The molecule has 0 unspecified atom stereocenters. The summed E-state index contributed by atoms with van der Waals surface area (Å²) in [6.45, 7) is 3.51. The normalized spacial score (nSPS) is 15.8. The minimum absolute atomic E-state index is 0.0635. The van der Waals surface area contributed by atoms with Crippen LogP contribution < -0.4 is 5.32 Å². The molecule has 1 fully saturated rings. The van der Waals surface area contributed by atoms with Crippen molar-refractivity contribution in [2.24, 2.45) is 0 Å². The van der Waals surface area contributed by atoms with Gasteiger partial charge in [-0.2, -0.15) is 0 Å². The number of nitrogens with one attached hydrogen (secondary N) is 1. The molecule has 0 bridgehead atoms. The zero-order valence-corrected chi connectivity index (χ0v) is 14.8. The third-order valence-electron chi connectivity index (χ3n) is 4.06. The van der Waals surface area contributed by atoms with Crippen molar-refractivity contribution >= 4 is 40.7 Å². The Kier molecular flexibility index (Phi) is 6.27. The number of hydrogen-bond donors (Lipinski definition) is 1. The molecule has 126 valence electrons. The van der Waals surface area contributed by atoms with E-state index in [1.807, 2.05) is 11.8 Å². The van der Waals surface area contributed by atoms with E-state index in [0.717, 1.165) is 25.9 Å². The molecular formula is C16H21Cl2N3O2. The molecule has 1 heterocycles. The molecule has 1 N–H and O–H groups in total. The lowest BCUT2D eigenvalue weighted by Crippen LogP contribution is -2.46. The molecule has 23 heavy (non-hydrogen) atoms. The quantitative estimate of drug-likeness (QED) is 0.881. The molecule has 1 aromatic rings. The first-order valence-corrected chi connectivity index (χ1v) is 8.38. The highest BCUT2D eigenvalue weighted by atomic mass is 35.5. The number of carbonyl (C=O) groups excluding carboxylic acids is 2. The zero-order chi connectivity index (χ0) is 17.0. The van der Waals surface area contributed by atoms with E-state index in [4.69, 9.17) is 23.2 Å². The number of benzene rings is 1. The topological polar surface area (TPSA) is 52.7 Å². The molecule has 1 aliphatic rings. The lowest BCUT2D eigenvalue weighted by Gasteiger charge is -2.27. The zero-order valence-electron chi connectivity index (χ0n) is 13.3. The molecule has 0 spiro atoms. The summed E-state index contributed by atoms with van der Waals surface area (Å²) in [4.78, 5) is 28.1. The largest absolute Gasteiger partial charge is 0.341 e. The summed E-state index contributed by atoms with van der Waals surface area (Å²) in [5.74, 6) is -0.197. The van der Waals surface area contributed by atoms with Gasteiger partial charge in [0.1, 0.15) is 0 Å². The molecule has 2 amide bonds. The molecule has 0 aliphatic carbocycles. The number of nitrogens with zero attached hydrogens (tertiary/aromatic N) is 2. The van der Waals surface area contributed by atoms with E-state index in [1.54, 1.807) is 30.1 Å². The van der Waals surface area contributed by atoms with Crippen LogP contribution in [-0.4, -0.2) is 54.3 Å². The van der Waals surface area contributed by atoms with Crippen molar-refractivity contribution in [1.82, 2.24) is 9.80 Å². The minimum Gasteiger partial charge on any atom is -0.341 e. The summed E-state index contributed by atoms with van der Waals surface area (Å²) < 4.78 is 0. The van der Waals surface area contributed by atoms with Gasteiger partial charge in [0.05, 0.1) is 28.3 Å². The van der Waals surface area contributed by atoms with Gasteiger partial charge in [0.2, 0.25) is 11.8 Å². The number of amides is 2. The SMILES string of the molecule is C[C@H](C(=O)N1CCCC1)N(C)CC(=O)Nc1c(Cl)cccc1Cl. The maximum Gasteiger partial charge on any atom is 0.239 e. The van der Waals surface area contributed by atoms with E-state index in [9.17, 15) is 9.59 Å². The molecule has 1 aliphatic heterocycles. The lowest BCUT2D eigenvalue weighted by molar-refractivity contribution is -0.135. The first-order valence-electron chi connectivity index (χ1n) is 7.63. The van der Waals surface area contributed by atoms with E-state index in [2.05, 4.69) is 5.32 Å². The molecule has 2 rings (SSSR count). The Hall–Kier alpha value is -1.30. The van der Waals surface area contributed by atoms with E-state index >= 15 is 0 Å². The van der Waals surface area contributed by atoms with Gasteiger partial charge in [-0.05, 0) is 38.9 Å². The minimum atomic E-state index is -0.347. The second kappa shape index (κ2) is 7.99. The molecule has 7 heteroatoms. The van der Waals surface area contributed by atoms with Gasteiger partial charge in [-0.15, -0.1) is 0 Å². The first kappa shape index (κ1) is 18.0. The fraction of sp³-hybridized carbons (Fsp3) is 0.500. The van der Waals surface area contributed by atoms with Crippen molar-refractivity contribution in [3.8, 4) is 0 Å². The number of likely N-dealkylation sites (tertiary alicyclic amines) is 1. The van der Waals surface area contributed by atoms with Crippen LogP contribution in [0.3, 0.4) is 0 Å². The molecule has 0 saturated carbocycles. The molecule has 1 aromatic carbocycles. The van der Waals surface area contributed by atoms with Gasteiger partial charge in [0, 0.05) is 13.1 Å². The number of anilines is 1. The Morgan fingerprint density at radius 2 is 1.83 bits per heavy atom. The van der Waals surface area contributed by atoms with Crippen LogP contribution in [0.25, 0.3) is 0 Å². The predicted octanol–water partition coefficient (Wildman–Crippen LogP) is 2.87. The highest BCUT2D eigenvalue weighted by molar-refractivity contribution is 6.39. The van der Waals surface area contributed by atoms with Gasteiger partial charge in [-0.25, -0.2) is 0 Å². The lowest BCUT2D eigenvalue weighted by atomic mass is 10.2. The van der Waals surface area contributed by atoms with Crippen molar-refractivity contribution in [3.05, 3.63) is 28.2 Å². The molecule has 5 nitrogen and oxygen atoms in total. The van der Waals surface area contributed by atoms with Crippen molar-refractivity contribution in [1.29, 1.82) is 0 Å². The predicted molar refractivity (Wildman–Crippen MR) is 93.0 cm³/mol. The van der Waals surface area contributed by atoms with Crippen molar-refractivity contribution < 1.29 is 9.59 Å². The van der Waals surface area contributed by atoms with Gasteiger partial charge in [0.15, 0.2) is 0 Å². The van der Waals surface area contributed by atoms with Gasteiger partial charge in [-0.3, -0.25) is 14.5 Å². The average Bonchev–Trinajstić information content (AvgIpc) is 3.04. The number of carbonyl (C=O) groups is 2. The van der Waals surface area contributed by atoms with E-state index < -0.39 is 0 Å². The van der Waals surface area contributed by atoms with E-state index in [1.165, 1.54) is 0 Å². The van der Waals surface area contributed by atoms with Crippen LogP contribution in [0.4, 0.5) is 5.69 Å². The molecule has 1 saturated heterocycles. The number of para-hydroxylation sites is 1. The summed E-state index contributed by atoms with van der Waals surface area (Å²) in [6.07, 6.45) is 2.10. The molecule has 1 atom stereocenters. The fourth-order valence-corrected chi connectivity index (χ4v) is 3.04. The third kappa shape index (κ3) is 4.59. The van der Waals surface area contributed by atoms with Gasteiger partial charge < -0.3 is 10.2 Å². The third-order valence-corrected chi connectivity index (χ3v) is 4.69. The number of hydrogen-bond acceptors (Lipinski definition) is 3. The Labute approximate surface area is 146 Å². The van der Waals surface area contributed by atoms with Crippen LogP contribution in [0.1, 0.15) is 19.8 Å². The van der Waals surface area contributed by atoms with Crippen LogP contribution in [0.5, 0.6) is 0 Å². The van der Waals surface area contributed by atoms with Crippen LogP contribution in [0.15, 0.2) is 18.2 Å². The summed E-state index contributed by atoms with van der Waals surface area (Å²) in [5.41, 5.74) is 0.396. The smallest absolute Gasteiger partial charge is 0.239 e. The second-order valence-corrected chi connectivity index (χ2v) is 6.58. The van der Waals surface area contributed by atoms with Gasteiger partial charge in [-0.1, -0.05) is 29.3 Å². The van der Waals surface area contributed by atoms with Crippen LogP contribution >= 0.6 is 23.2 Å². The second-order valence-electron chi connectivity index (χ2n) is 5.77. The Balaban J connectivity index is 1.92. The van der Waals surface area contributed by atoms with Crippen molar-refractivity contribution in [2.45, 2.75) is 25.8 Å². The van der Waals surface area contributed by atoms with Gasteiger partial charge in [0.25, 0.3) is 0 Å². The van der Waals surface area contributed by atoms with Crippen LogP contribution in [0, 0.1) is 0 Å². The first-order chi connectivity index (χ1) is 10.9. The Bertz CT molecular complexity index is 568. The average molecular weight is 358 g/mol. The van der Waals surface area contributed by atoms with Gasteiger partial charge >= 0.3 is 0 Å². The summed E-state index contributed by atoms with van der Waals surface area (Å²) >= 11 is 12.1. The summed E-state index contributed by atoms with van der Waals surface area (Å²) in [5, 5.41) is 3.47. The van der Waals surface area contributed by atoms with Crippen molar-refractivity contribution in [2.75, 3.05) is 32.0 Å². The molecule has 0 aromatic heterocycles. The monoisotopic (exact) mass is 357 g/mol. The standard InChI is InChI=1S/C16H21Cl2N3O2/c1-11(16(23)21-8-3-4-9-21)20(2)10-14(22)19-15-12(17)6-5-7-13(15)18/h5-7,11H,3-4,8-10H2,1-2H3,(H,19,22)/t11-/m1/s1. The summed E-state index contributed by atoms with van der Waals surface area (Å²) in [7, 11) is 1.76. The van der Waals surface area contributed by atoms with E-state index in [-0.39, 0.29) is 24.4 Å². The van der Waals surface area contributed by atoms with E-state index in [0.29, 0.717) is 15.7 Å². The fourth-order valence-electron chi connectivity index (χ4n) is 2.55. The highest BCUT2D eigenvalue weighted by Gasteiger charge is 2.27. The van der Waals surface area contributed by atoms with Crippen LogP contribution in [0.2, 0.25) is 10.0 Å². The maximum absolute atomic E-state index is 12.3. The Morgan fingerprint density at radius 1 is 1.26 bits per heavy atom. The Morgan fingerprint density at radius 3 is 2.39 bits per heavy atom. The number of rotatable bonds is 5. The molecular weight excluding hydrogens is 337 g/mol. The number of halogens is 2.